The molecule has 1 aliphatic rings. The Kier molecular flexibility index (Phi) is 6.67. The van der Waals surface area contributed by atoms with Gasteiger partial charge in [0.25, 0.3) is 0 Å². The number of carbonyl (C=O) groups is 1. The molecule has 1 aromatic heterocycles. The van der Waals surface area contributed by atoms with E-state index in [0.29, 0.717) is 42.0 Å². The number of rotatable bonds is 8. The fraction of sp³-hybridized carbons (Fsp3) is 0.400. The lowest BCUT2D eigenvalue weighted by Gasteiger charge is -2.29. The van der Waals surface area contributed by atoms with Gasteiger partial charge in [-0.15, -0.1) is 0 Å². The Balaban J connectivity index is 1.81. The first-order valence-corrected chi connectivity index (χ1v) is 13.4. The van der Waals surface area contributed by atoms with Crippen LogP contribution in [0.15, 0.2) is 42.5 Å². The van der Waals surface area contributed by atoms with E-state index in [1.807, 2.05) is 23.6 Å². The molecule has 0 saturated heterocycles. The molecule has 0 radical (unpaired) electrons. The van der Waals surface area contributed by atoms with E-state index in [1.54, 1.807) is 24.3 Å². The van der Waals surface area contributed by atoms with Crippen LogP contribution in [0.4, 0.5) is 4.39 Å². The van der Waals surface area contributed by atoms with Crippen LogP contribution < -0.4 is 4.72 Å². The van der Waals surface area contributed by atoms with Gasteiger partial charge in [-0.3, -0.25) is 4.79 Å². The maximum atomic E-state index is 14.9. The van der Waals surface area contributed by atoms with Crippen LogP contribution in [0, 0.1) is 12.7 Å². The summed E-state index contributed by atoms with van der Waals surface area (Å²) in [5.74, 6) is -0.415. The van der Waals surface area contributed by atoms with Crippen LogP contribution in [0.25, 0.3) is 10.9 Å². The molecule has 176 valence electrons. The van der Waals surface area contributed by atoms with Gasteiger partial charge in [-0.25, -0.2) is 17.5 Å². The molecule has 0 aliphatic heterocycles. The molecule has 0 amide bonds. The topological polar surface area (TPSA) is 68.2 Å². The Morgan fingerprint density at radius 2 is 1.85 bits per heavy atom. The zero-order valence-corrected chi connectivity index (χ0v) is 20.4. The molecule has 1 aliphatic carbocycles. The molecular weight excluding hydrogens is 463 g/mol. The predicted molar refractivity (Wildman–Crippen MR) is 130 cm³/mol. The Labute approximate surface area is 199 Å². The number of carbonyl (C=O) groups excluding carboxylic acids is 1. The lowest BCUT2D eigenvalue weighted by atomic mass is 9.72. The van der Waals surface area contributed by atoms with E-state index in [1.165, 1.54) is 6.07 Å². The zero-order chi connectivity index (χ0) is 23.8. The van der Waals surface area contributed by atoms with Crippen LogP contribution >= 0.6 is 11.6 Å². The number of ketones is 1. The van der Waals surface area contributed by atoms with Crippen LogP contribution in [0.3, 0.4) is 0 Å². The smallest absolute Gasteiger partial charge is 0.208 e. The Hall–Kier alpha value is -2.22. The number of hydrogen-bond acceptors (Lipinski definition) is 3. The Morgan fingerprint density at radius 1 is 1.15 bits per heavy atom. The number of aromatic nitrogens is 1. The van der Waals surface area contributed by atoms with Gasteiger partial charge in [0.1, 0.15) is 5.82 Å². The van der Waals surface area contributed by atoms with Crippen molar-refractivity contribution in [2.45, 2.75) is 51.0 Å². The standard InChI is InChI=1S/C25H28ClFN2O3S/c1-17-22(24(30)25(13-5-6-14-25)19-10-3-4-12-21(19)27)18-9-7-11-20(26)23(18)29(17)16-8-15-28-33(2,31)32/h3-4,7,9-12,28H,5-6,8,13-16H2,1-2H3. The summed E-state index contributed by atoms with van der Waals surface area (Å²) in [4.78, 5) is 14.2. The number of hydrogen-bond donors (Lipinski definition) is 1. The van der Waals surface area contributed by atoms with Crippen molar-refractivity contribution in [3.8, 4) is 0 Å². The van der Waals surface area contributed by atoms with E-state index in [4.69, 9.17) is 11.6 Å². The number of Topliss-reactive ketones (excluding diaryl/α,β-unsaturated/α-hetero) is 1. The minimum absolute atomic E-state index is 0.0668. The number of halogens is 2. The number of sulfonamides is 1. The summed E-state index contributed by atoms with van der Waals surface area (Å²) in [7, 11) is -3.28. The minimum atomic E-state index is -3.28. The lowest BCUT2D eigenvalue weighted by Crippen LogP contribution is -2.34. The molecule has 0 bridgehead atoms. The lowest BCUT2D eigenvalue weighted by molar-refractivity contribution is 0.0883. The van der Waals surface area contributed by atoms with E-state index in [9.17, 15) is 17.6 Å². The molecule has 0 unspecified atom stereocenters. The molecule has 5 nitrogen and oxygen atoms in total. The highest BCUT2D eigenvalue weighted by molar-refractivity contribution is 7.88. The average molecular weight is 491 g/mol. The van der Waals surface area contributed by atoms with Gasteiger partial charge in [0.15, 0.2) is 5.78 Å². The first kappa shape index (κ1) is 23.9. The van der Waals surface area contributed by atoms with Crippen molar-refractivity contribution < 1.29 is 17.6 Å². The molecule has 0 spiro atoms. The average Bonchev–Trinajstić information content (AvgIpc) is 3.35. The number of para-hydroxylation sites is 1. The first-order valence-electron chi connectivity index (χ1n) is 11.2. The highest BCUT2D eigenvalue weighted by Crippen LogP contribution is 2.46. The summed E-state index contributed by atoms with van der Waals surface area (Å²) in [6, 6.07) is 12.1. The second-order valence-electron chi connectivity index (χ2n) is 8.87. The van der Waals surface area contributed by atoms with E-state index < -0.39 is 15.4 Å². The van der Waals surface area contributed by atoms with Gasteiger partial charge in [0.05, 0.1) is 22.2 Å². The highest BCUT2D eigenvalue weighted by atomic mass is 35.5. The second kappa shape index (κ2) is 9.20. The molecule has 1 fully saturated rings. The minimum Gasteiger partial charge on any atom is -0.343 e. The van der Waals surface area contributed by atoms with E-state index in [0.717, 1.165) is 35.7 Å². The summed E-state index contributed by atoms with van der Waals surface area (Å²) >= 11 is 6.57. The summed E-state index contributed by atoms with van der Waals surface area (Å²) in [6.45, 7) is 2.66. The third-order valence-corrected chi connectivity index (χ3v) is 7.76. The maximum Gasteiger partial charge on any atom is 0.208 e. The molecule has 3 aromatic rings. The molecular formula is C25H28ClFN2O3S. The van der Waals surface area contributed by atoms with Crippen LogP contribution in [0.2, 0.25) is 5.02 Å². The van der Waals surface area contributed by atoms with Crippen molar-refractivity contribution >= 4 is 38.3 Å². The van der Waals surface area contributed by atoms with Crippen LogP contribution in [0.1, 0.15) is 53.7 Å². The molecule has 8 heteroatoms. The van der Waals surface area contributed by atoms with Crippen LogP contribution in [0.5, 0.6) is 0 Å². The Bertz CT molecular complexity index is 1310. The quantitative estimate of drug-likeness (QED) is 0.340. The number of benzene rings is 2. The fourth-order valence-corrected chi connectivity index (χ4v) is 6.03. The normalized spacial score (nSPS) is 15.9. The second-order valence-corrected chi connectivity index (χ2v) is 11.1. The third kappa shape index (κ3) is 4.46. The van der Waals surface area contributed by atoms with Crippen molar-refractivity contribution in [1.82, 2.24) is 9.29 Å². The SMILES string of the molecule is Cc1c(C(=O)C2(c3ccccc3F)CCCC2)c2cccc(Cl)c2n1CCCNS(C)(=O)=O. The van der Waals surface area contributed by atoms with E-state index in [2.05, 4.69) is 4.72 Å². The van der Waals surface area contributed by atoms with Gasteiger partial charge in [0, 0.05) is 35.3 Å². The number of aryl methyl sites for hydroxylation is 1. The third-order valence-electron chi connectivity index (χ3n) is 6.72. The largest absolute Gasteiger partial charge is 0.343 e. The number of nitrogens with zero attached hydrogens (tertiary/aromatic N) is 1. The molecule has 1 N–H and O–H groups in total. The van der Waals surface area contributed by atoms with Crippen molar-refractivity contribution in [1.29, 1.82) is 0 Å². The highest BCUT2D eigenvalue weighted by Gasteiger charge is 2.46. The Morgan fingerprint density at radius 3 is 2.52 bits per heavy atom. The van der Waals surface area contributed by atoms with Gasteiger partial charge in [-0.05, 0) is 38.3 Å². The fourth-order valence-electron chi connectivity index (χ4n) is 5.24. The first-order chi connectivity index (χ1) is 15.7. The number of fused-ring (bicyclic) bond motifs is 1. The van der Waals surface area contributed by atoms with Crippen LogP contribution in [-0.4, -0.2) is 31.6 Å². The van der Waals surface area contributed by atoms with Gasteiger partial charge in [-0.2, -0.15) is 0 Å². The van der Waals surface area contributed by atoms with Crippen molar-refractivity contribution in [2.24, 2.45) is 0 Å². The van der Waals surface area contributed by atoms with Crippen molar-refractivity contribution in [3.63, 3.8) is 0 Å². The van der Waals surface area contributed by atoms with Gasteiger partial charge >= 0.3 is 0 Å². The molecule has 4 rings (SSSR count). The summed E-state index contributed by atoms with van der Waals surface area (Å²) in [5.41, 5.74) is 1.67. The monoisotopic (exact) mass is 490 g/mol. The summed E-state index contributed by atoms with van der Waals surface area (Å²) in [5, 5.41) is 1.28. The number of nitrogens with one attached hydrogen (secondary N) is 1. The predicted octanol–water partition coefficient (Wildman–Crippen LogP) is 5.38. The molecule has 33 heavy (non-hydrogen) atoms. The molecule has 2 aromatic carbocycles. The molecule has 1 saturated carbocycles. The molecule has 1 heterocycles. The van der Waals surface area contributed by atoms with Gasteiger partial charge < -0.3 is 4.57 Å². The van der Waals surface area contributed by atoms with E-state index >= 15 is 0 Å². The summed E-state index contributed by atoms with van der Waals surface area (Å²) in [6.07, 6.45) is 4.62. The zero-order valence-electron chi connectivity index (χ0n) is 18.8. The summed E-state index contributed by atoms with van der Waals surface area (Å²) < 4.78 is 42.2. The van der Waals surface area contributed by atoms with Crippen LogP contribution in [-0.2, 0) is 22.0 Å². The maximum absolute atomic E-state index is 14.9. The van der Waals surface area contributed by atoms with Gasteiger partial charge in [0.2, 0.25) is 10.0 Å². The van der Waals surface area contributed by atoms with E-state index in [-0.39, 0.29) is 18.1 Å². The van der Waals surface area contributed by atoms with Crippen molar-refractivity contribution in [2.75, 3.05) is 12.8 Å². The van der Waals surface area contributed by atoms with Crippen molar-refractivity contribution in [3.05, 3.63) is 70.1 Å². The molecule has 0 atom stereocenters. The van der Waals surface area contributed by atoms with Gasteiger partial charge in [-0.1, -0.05) is 54.8 Å².